The van der Waals surface area contributed by atoms with Gasteiger partial charge in [-0.2, -0.15) is 5.26 Å². The van der Waals surface area contributed by atoms with Gasteiger partial charge in [0.15, 0.2) is 5.58 Å². The Morgan fingerprint density at radius 1 is 1.07 bits per heavy atom. The fraction of sp³-hybridized carbons (Fsp3) is 0.371. The molecule has 43 heavy (non-hydrogen) atoms. The molecule has 4 aromatic rings. The summed E-state index contributed by atoms with van der Waals surface area (Å²) in [4.78, 5) is 9.83. The first-order valence-corrected chi connectivity index (χ1v) is 15.7. The zero-order valence-electron chi connectivity index (χ0n) is 25.0. The van der Waals surface area contributed by atoms with Crippen LogP contribution in [0.5, 0.6) is 0 Å². The van der Waals surface area contributed by atoms with Gasteiger partial charge in [-0.3, -0.25) is 14.8 Å². The lowest BCUT2D eigenvalue weighted by Gasteiger charge is -2.35. The van der Waals surface area contributed by atoms with Gasteiger partial charge in [-0.15, -0.1) is 0 Å². The van der Waals surface area contributed by atoms with Crippen LogP contribution in [0, 0.1) is 18.3 Å². The third-order valence-electron chi connectivity index (χ3n) is 9.24. The Morgan fingerprint density at radius 2 is 1.84 bits per heavy atom. The highest BCUT2D eigenvalue weighted by Crippen LogP contribution is 2.41. The van der Waals surface area contributed by atoms with E-state index < -0.39 is 0 Å². The quantitative estimate of drug-likeness (QED) is 0.252. The van der Waals surface area contributed by atoms with Crippen molar-refractivity contribution in [2.75, 3.05) is 31.2 Å². The van der Waals surface area contributed by atoms with Crippen LogP contribution >= 0.6 is 11.6 Å². The summed E-state index contributed by atoms with van der Waals surface area (Å²) in [5.41, 5.74) is 12.8. The second-order valence-electron chi connectivity index (χ2n) is 12.3. The molecule has 1 aromatic heterocycles. The van der Waals surface area contributed by atoms with E-state index in [9.17, 15) is 5.26 Å². The van der Waals surface area contributed by atoms with Crippen LogP contribution in [0.1, 0.15) is 49.8 Å². The molecule has 7 rings (SSSR count). The molecule has 0 bridgehead atoms. The topological polar surface area (TPSA) is 71.6 Å². The fourth-order valence-corrected chi connectivity index (χ4v) is 7.12. The van der Waals surface area contributed by atoms with Crippen LogP contribution in [0.3, 0.4) is 0 Å². The molecular weight excluding hydrogens is 556 g/mol. The molecule has 0 amide bonds. The standard InChI is InChI=1S/C35H37ClN6O/c1-22(2)41-15-12-25-20-42(39-31(25)21-41)32-11-7-10-29(33(32)36)27-8-6-9-28(23(27)3)35-38-30-17-24(19-40-13-4-5-14-40)16-26(18-37)34(30)43-35/h6-11,16-17,20,22,31,39H,4-5,12-15,19,21H2,1-3H3. The Balaban J connectivity index is 1.21. The highest BCUT2D eigenvalue weighted by atomic mass is 35.5. The van der Waals surface area contributed by atoms with Crippen molar-refractivity contribution >= 4 is 28.4 Å². The van der Waals surface area contributed by atoms with Crippen molar-refractivity contribution in [2.45, 2.75) is 58.7 Å². The third kappa shape index (κ3) is 5.23. The number of halogens is 1. The van der Waals surface area contributed by atoms with Crippen LogP contribution in [-0.2, 0) is 6.54 Å². The average Bonchev–Trinajstić information content (AvgIpc) is 3.77. The van der Waals surface area contributed by atoms with E-state index in [1.54, 1.807) is 0 Å². The molecule has 3 aromatic carbocycles. The Labute approximate surface area is 258 Å². The number of hydrogen-bond acceptors (Lipinski definition) is 7. The molecule has 1 atom stereocenters. The summed E-state index contributed by atoms with van der Waals surface area (Å²) in [6.45, 7) is 11.7. The number of anilines is 1. The van der Waals surface area contributed by atoms with E-state index in [1.807, 2.05) is 18.2 Å². The normalized spacial score (nSPS) is 19.3. The Hall–Kier alpha value is -3.67. The molecule has 7 nitrogen and oxygen atoms in total. The summed E-state index contributed by atoms with van der Waals surface area (Å²) in [7, 11) is 0. The van der Waals surface area contributed by atoms with Crippen LogP contribution in [0.15, 0.2) is 64.7 Å². The number of nitriles is 1. The molecule has 0 radical (unpaired) electrons. The van der Waals surface area contributed by atoms with Gasteiger partial charge < -0.3 is 4.42 Å². The number of rotatable bonds is 6. The predicted molar refractivity (Wildman–Crippen MR) is 173 cm³/mol. The summed E-state index contributed by atoms with van der Waals surface area (Å²) in [5.74, 6) is 0.515. The molecule has 2 fully saturated rings. The monoisotopic (exact) mass is 592 g/mol. The highest BCUT2D eigenvalue weighted by Gasteiger charge is 2.32. The largest absolute Gasteiger partial charge is 0.435 e. The lowest BCUT2D eigenvalue weighted by atomic mass is 9.96. The van der Waals surface area contributed by atoms with Crippen molar-refractivity contribution in [3.8, 4) is 28.7 Å². The lowest BCUT2D eigenvalue weighted by molar-refractivity contribution is 0.188. The number of piperidine rings is 1. The smallest absolute Gasteiger partial charge is 0.227 e. The first-order chi connectivity index (χ1) is 20.9. The average molecular weight is 593 g/mol. The summed E-state index contributed by atoms with van der Waals surface area (Å²) in [6, 6.07) is 19.5. The van der Waals surface area contributed by atoms with Crippen molar-refractivity contribution < 1.29 is 4.42 Å². The van der Waals surface area contributed by atoms with E-state index in [1.165, 1.54) is 18.4 Å². The predicted octanol–water partition coefficient (Wildman–Crippen LogP) is 7.28. The highest BCUT2D eigenvalue weighted by molar-refractivity contribution is 6.36. The Morgan fingerprint density at radius 3 is 2.63 bits per heavy atom. The van der Waals surface area contributed by atoms with E-state index in [0.29, 0.717) is 34.1 Å². The molecule has 2 saturated heterocycles. The van der Waals surface area contributed by atoms with Gasteiger partial charge in [0.25, 0.3) is 0 Å². The molecule has 0 aliphatic carbocycles. The molecule has 4 heterocycles. The second-order valence-corrected chi connectivity index (χ2v) is 12.7. The van der Waals surface area contributed by atoms with Crippen LogP contribution in [-0.4, -0.2) is 53.0 Å². The minimum absolute atomic E-state index is 0.300. The van der Waals surface area contributed by atoms with Gasteiger partial charge in [-0.05, 0) is 99.7 Å². The minimum Gasteiger partial charge on any atom is -0.435 e. The van der Waals surface area contributed by atoms with Crippen molar-refractivity contribution in [3.63, 3.8) is 0 Å². The maximum atomic E-state index is 9.92. The summed E-state index contributed by atoms with van der Waals surface area (Å²) < 4.78 is 6.28. The Bertz CT molecular complexity index is 1760. The molecule has 220 valence electrons. The van der Waals surface area contributed by atoms with Gasteiger partial charge in [0.1, 0.15) is 11.6 Å². The van der Waals surface area contributed by atoms with Crippen LogP contribution < -0.4 is 10.4 Å². The SMILES string of the molecule is Cc1c(-c2nc3cc(CN4CCCC4)cc(C#N)c3o2)cccc1-c1cccc(N2C=C3CCN(C(C)C)CC3N2)c1Cl. The molecule has 1 unspecified atom stereocenters. The second kappa shape index (κ2) is 11.4. The van der Waals surface area contributed by atoms with E-state index in [-0.39, 0.29) is 0 Å². The van der Waals surface area contributed by atoms with Crippen molar-refractivity contribution in [2.24, 2.45) is 0 Å². The summed E-state index contributed by atoms with van der Waals surface area (Å²) in [6.07, 6.45) is 5.74. The molecule has 0 saturated carbocycles. The van der Waals surface area contributed by atoms with Crippen molar-refractivity contribution in [1.29, 1.82) is 5.26 Å². The number of nitrogens with one attached hydrogen (secondary N) is 1. The van der Waals surface area contributed by atoms with Crippen molar-refractivity contribution in [1.82, 2.24) is 20.2 Å². The Kier molecular flexibility index (Phi) is 7.48. The van der Waals surface area contributed by atoms with Gasteiger partial charge in [0, 0.05) is 43.0 Å². The number of fused-ring (bicyclic) bond motifs is 2. The number of aromatic nitrogens is 1. The van der Waals surface area contributed by atoms with Crippen LogP contribution in [0.4, 0.5) is 5.69 Å². The number of hydrogen-bond donors (Lipinski definition) is 1. The molecule has 3 aliphatic rings. The molecule has 1 N–H and O–H groups in total. The molecular formula is C35H37ClN6O. The van der Waals surface area contributed by atoms with Crippen molar-refractivity contribution in [3.05, 3.63) is 82.0 Å². The third-order valence-corrected chi connectivity index (χ3v) is 9.64. The van der Waals surface area contributed by atoms with Gasteiger partial charge in [0.05, 0.1) is 22.3 Å². The maximum Gasteiger partial charge on any atom is 0.227 e. The summed E-state index contributed by atoms with van der Waals surface area (Å²) >= 11 is 7.16. The van der Waals surface area contributed by atoms with E-state index in [2.05, 4.69) is 83.6 Å². The molecule has 3 aliphatic heterocycles. The van der Waals surface area contributed by atoms with Crippen LogP contribution in [0.2, 0.25) is 5.02 Å². The molecule has 8 heteroatoms. The fourth-order valence-electron chi connectivity index (χ4n) is 6.80. The number of likely N-dealkylation sites (tertiary alicyclic amines) is 2. The number of hydrazine groups is 1. The number of oxazole rings is 1. The van der Waals surface area contributed by atoms with Gasteiger partial charge in [-0.1, -0.05) is 35.9 Å². The van der Waals surface area contributed by atoms with Gasteiger partial charge in [-0.25, -0.2) is 10.4 Å². The van der Waals surface area contributed by atoms with Crippen LogP contribution in [0.25, 0.3) is 33.7 Å². The number of benzene rings is 3. The zero-order chi connectivity index (χ0) is 29.7. The van der Waals surface area contributed by atoms with Gasteiger partial charge in [0.2, 0.25) is 5.89 Å². The van der Waals surface area contributed by atoms with E-state index in [4.69, 9.17) is 21.0 Å². The first kappa shape index (κ1) is 28.1. The summed E-state index contributed by atoms with van der Waals surface area (Å²) in [5, 5.41) is 12.7. The minimum atomic E-state index is 0.300. The first-order valence-electron chi connectivity index (χ1n) is 15.3. The number of nitrogens with zero attached hydrogens (tertiary/aromatic N) is 5. The molecule has 0 spiro atoms. The maximum absolute atomic E-state index is 9.92. The van der Waals surface area contributed by atoms with Gasteiger partial charge >= 0.3 is 0 Å². The zero-order valence-corrected chi connectivity index (χ0v) is 25.8. The van der Waals surface area contributed by atoms with E-state index in [0.717, 1.165) is 78.2 Å². The van der Waals surface area contributed by atoms with E-state index >= 15 is 0 Å². The lowest BCUT2D eigenvalue weighted by Crippen LogP contribution is -2.49.